The van der Waals surface area contributed by atoms with E-state index in [0.29, 0.717) is 6.04 Å². The number of thioether (sulfide) groups is 2. The number of benzene rings is 1. The second-order valence-corrected chi connectivity index (χ2v) is 6.38. The summed E-state index contributed by atoms with van der Waals surface area (Å²) < 4.78 is 0. The fraction of sp³-hybridized carbons (Fsp3) is 0.500. The fourth-order valence-electron chi connectivity index (χ4n) is 1.85. The molecule has 0 atom stereocenters. The third-order valence-electron chi connectivity index (χ3n) is 2.74. The normalized spacial score (nSPS) is 17.4. The summed E-state index contributed by atoms with van der Waals surface area (Å²) in [5.74, 6) is 2.54. The van der Waals surface area contributed by atoms with E-state index in [-0.39, 0.29) is 0 Å². The topological polar surface area (TPSA) is 12.0 Å². The number of rotatable bonds is 3. The Labute approximate surface area is 111 Å². The van der Waals surface area contributed by atoms with Crippen LogP contribution in [-0.2, 0) is 0 Å². The van der Waals surface area contributed by atoms with Crippen LogP contribution < -0.4 is 5.32 Å². The molecule has 0 bridgehead atoms. The summed E-state index contributed by atoms with van der Waals surface area (Å²) in [6.07, 6.45) is 4.61. The van der Waals surface area contributed by atoms with E-state index >= 15 is 0 Å². The van der Waals surface area contributed by atoms with Crippen LogP contribution in [0.25, 0.3) is 0 Å². The summed E-state index contributed by atoms with van der Waals surface area (Å²) >= 11 is 9.86. The molecular weight excluding hydrogens is 258 g/mol. The minimum absolute atomic E-state index is 0.616. The Morgan fingerprint density at radius 3 is 2.81 bits per heavy atom. The predicted octanol–water partition coefficient (Wildman–Crippen LogP) is 4.37. The number of halogens is 1. The van der Waals surface area contributed by atoms with E-state index in [1.165, 1.54) is 34.9 Å². The summed E-state index contributed by atoms with van der Waals surface area (Å²) in [5.41, 5.74) is 1.19. The van der Waals surface area contributed by atoms with Gasteiger partial charge in [-0.2, -0.15) is 11.8 Å². The Hall–Kier alpha value is 0.01000. The maximum Gasteiger partial charge on any atom is 0.0495 e. The van der Waals surface area contributed by atoms with Gasteiger partial charge in [0.15, 0.2) is 0 Å². The van der Waals surface area contributed by atoms with Gasteiger partial charge in [-0.15, -0.1) is 11.8 Å². The van der Waals surface area contributed by atoms with Crippen LogP contribution in [-0.4, -0.2) is 23.8 Å². The van der Waals surface area contributed by atoms with Crippen molar-refractivity contribution in [3.05, 3.63) is 23.2 Å². The molecule has 0 unspecified atom stereocenters. The van der Waals surface area contributed by atoms with E-state index in [1.54, 1.807) is 11.8 Å². The third kappa shape index (κ3) is 3.25. The molecule has 0 radical (unpaired) electrons. The zero-order valence-electron chi connectivity index (χ0n) is 9.33. The lowest BCUT2D eigenvalue weighted by atomic mass is 10.1. The second kappa shape index (κ2) is 6.08. The molecule has 1 aliphatic heterocycles. The van der Waals surface area contributed by atoms with Crippen LogP contribution in [0.3, 0.4) is 0 Å². The maximum absolute atomic E-state index is 6.04. The SMILES string of the molecule is CSc1ccc(Cl)cc1NC1CCSCC1. The largest absolute Gasteiger partial charge is 0.381 e. The van der Waals surface area contributed by atoms with E-state index in [0.717, 1.165) is 5.02 Å². The maximum atomic E-state index is 6.04. The Morgan fingerprint density at radius 2 is 2.12 bits per heavy atom. The molecule has 2 rings (SSSR count). The summed E-state index contributed by atoms with van der Waals surface area (Å²) in [6, 6.07) is 6.70. The van der Waals surface area contributed by atoms with E-state index in [9.17, 15) is 0 Å². The van der Waals surface area contributed by atoms with E-state index in [2.05, 4.69) is 29.4 Å². The van der Waals surface area contributed by atoms with Crippen LogP contribution in [0.15, 0.2) is 23.1 Å². The molecular formula is C12H16ClNS2. The molecule has 1 nitrogen and oxygen atoms in total. The average Bonchev–Trinajstić information content (AvgIpc) is 2.31. The van der Waals surface area contributed by atoms with E-state index in [4.69, 9.17) is 11.6 Å². The molecule has 88 valence electrons. The van der Waals surface area contributed by atoms with Crippen molar-refractivity contribution in [2.75, 3.05) is 23.1 Å². The molecule has 1 saturated heterocycles. The van der Waals surface area contributed by atoms with Crippen LogP contribution in [0.4, 0.5) is 5.69 Å². The molecule has 0 amide bonds. The zero-order chi connectivity index (χ0) is 11.4. The number of hydrogen-bond donors (Lipinski definition) is 1. The van der Waals surface area contributed by atoms with Gasteiger partial charge >= 0.3 is 0 Å². The minimum atomic E-state index is 0.616. The average molecular weight is 274 g/mol. The van der Waals surface area contributed by atoms with Crippen molar-refractivity contribution in [3.8, 4) is 0 Å². The highest BCUT2D eigenvalue weighted by Gasteiger charge is 2.14. The standard InChI is InChI=1S/C12H16ClNS2/c1-15-12-3-2-9(13)8-11(12)14-10-4-6-16-7-5-10/h2-3,8,10,14H,4-7H2,1H3. The first-order valence-corrected chi connectivity index (χ1v) is 8.23. The van der Waals surface area contributed by atoms with E-state index in [1.807, 2.05) is 12.1 Å². The number of hydrogen-bond acceptors (Lipinski definition) is 3. The zero-order valence-corrected chi connectivity index (χ0v) is 11.7. The molecule has 1 aromatic rings. The van der Waals surface area contributed by atoms with Crippen molar-refractivity contribution in [1.82, 2.24) is 0 Å². The Bertz CT molecular complexity index is 351. The van der Waals surface area contributed by atoms with Crippen molar-refractivity contribution in [2.45, 2.75) is 23.8 Å². The van der Waals surface area contributed by atoms with E-state index < -0.39 is 0 Å². The van der Waals surface area contributed by atoms with Gasteiger partial charge in [0.2, 0.25) is 0 Å². The van der Waals surface area contributed by atoms with Crippen molar-refractivity contribution >= 4 is 40.8 Å². The Kier molecular flexibility index (Phi) is 4.74. The van der Waals surface area contributed by atoms with Gasteiger partial charge in [-0.1, -0.05) is 11.6 Å². The summed E-state index contributed by atoms with van der Waals surface area (Å²) in [4.78, 5) is 1.28. The highest BCUT2D eigenvalue weighted by Crippen LogP contribution is 2.30. The smallest absolute Gasteiger partial charge is 0.0495 e. The van der Waals surface area contributed by atoms with Crippen LogP contribution in [0.5, 0.6) is 0 Å². The van der Waals surface area contributed by atoms with Gasteiger partial charge in [0.1, 0.15) is 0 Å². The molecule has 1 heterocycles. The van der Waals surface area contributed by atoms with Crippen molar-refractivity contribution in [1.29, 1.82) is 0 Å². The number of nitrogens with one attached hydrogen (secondary N) is 1. The second-order valence-electron chi connectivity index (χ2n) is 3.88. The van der Waals surface area contributed by atoms with Crippen LogP contribution in [0.1, 0.15) is 12.8 Å². The van der Waals surface area contributed by atoms with Crippen LogP contribution >= 0.6 is 35.1 Å². The number of anilines is 1. The minimum Gasteiger partial charge on any atom is -0.381 e. The van der Waals surface area contributed by atoms with Crippen molar-refractivity contribution in [2.24, 2.45) is 0 Å². The molecule has 1 fully saturated rings. The molecule has 0 aliphatic carbocycles. The Morgan fingerprint density at radius 1 is 1.38 bits per heavy atom. The predicted molar refractivity (Wildman–Crippen MR) is 77.2 cm³/mol. The van der Waals surface area contributed by atoms with Crippen molar-refractivity contribution < 1.29 is 0 Å². The first-order valence-electron chi connectivity index (χ1n) is 5.47. The van der Waals surface area contributed by atoms with Gasteiger partial charge in [-0.05, 0) is 48.8 Å². The first kappa shape index (κ1) is 12.5. The van der Waals surface area contributed by atoms with Crippen LogP contribution in [0, 0.1) is 0 Å². The molecule has 4 heteroatoms. The quantitative estimate of drug-likeness (QED) is 0.822. The molecule has 0 spiro atoms. The van der Waals surface area contributed by atoms with Gasteiger partial charge in [0.05, 0.1) is 0 Å². The summed E-state index contributed by atoms with van der Waals surface area (Å²) in [7, 11) is 0. The van der Waals surface area contributed by atoms with Gasteiger partial charge in [0.25, 0.3) is 0 Å². The summed E-state index contributed by atoms with van der Waals surface area (Å²) in [5, 5.41) is 4.43. The lowest BCUT2D eigenvalue weighted by molar-refractivity contribution is 0.665. The first-order chi connectivity index (χ1) is 7.79. The van der Waals surface area contributed by atoms with Gasteiger partial charge < -0.3 is 5.32 Å². The van der Waals surface area contributed by atoms with Gasteiger partial charge in [0, 0.05) is 21.6 Å². The molecule has 0 aromatic heterocycles. The molecule has 1 N–H and O–H groups in total. The van der Waals surface area contributed by atoms with Gasteiger partial charge in [-0.25, -0.2) is 0 Å². The monoisotopic (exact) mass is 273 g/mol. The van der Waals surface area contributed by atoms with Gasteiger partial charge in [-0.3, -0.25) is 0 Å². The fourth-order valence-corrected chi connectivity index (χ4v) is 3.68. The Balaban J connectivity index is 2.09. The highest BCUT2D eigenvalue weighted by atomic mass is 35.5. The molecule has 16 heavy (non-hydrogen) atoms. The van der Waals surface area contributed by atoms with Crippen LogP contribution in [0.2, 0.25) is 5.02 Å². The summed E-state index contributed by atoms with van der Waals surface area (Å²) in [6.45, 7) is 0. The molecule has 0 saturated carbocycles. The molecule has 1 aromatic carbocycles. The lowest BCUT2D eigenvalue weighted by Gasteiger charge is -2.24. The highest BCUT2D eigenvalue weighted by molar-refractivity contribution is 7.99. The van der Waals surface area contributed by atoms with Crippen molar-refractivity contribution in [3.63, 3.8) is 0 Å². The third-order valence-corrected chi connectivity index (χ3v) is 4.82. The lowest BCUT2D eigenvalue weighted by Crippen LogP contribution is -2.24. The molecule has 1 aliphatic rings.